The van der Waals surface area contributed by atoms with Gasteiger partial charge in [-0.15, -0.1) is 11.8 Å². The monoisotopic (exact) mass is 263 g/mol. The first-order chi connectivity index (χ1) is 8.72. The molecule has 1 heterocycles. The average Bonchev–Trinajstić information content (AvgIpc) is 2.72. The van der Waals surface area contributed by atoms with Crippen molar-refractivity contribution in [2.75, 3.05) is 12.9 Å². The number of hydrogen-bond donors (Lipinski definition) is 0. The summed E-state index contributed by atoms with van der Waals surface area (Å²) >= 11 is 1.79. The maximum Gasteiger partial charge on any atom is 0.305 e. The Morgan fingerprint density at radius 2 is 2.17 bits per heavy atom. The number of fused-ring (bicyclic) bond motifs is 1. The van der Waals surface area contributed by atoms with Crippen molar-refractivity contribution in [3.8, 4) is 0 Å². The first-order valence-corrected chi connectivity index (χ1v) is 6.94. The zero-order chi connectivity index (χ0) is 13.0. The average molecular weight is 263 g/mol. The normalized spacial score (nSPS) is 10.8. The second-order valence-corrected chi connectivity index (χ2v) is 5.29. The summed E-state index contributed by atoms with van der Waals surface area (Å²) < 4.78 is 6.76. The molecule has 0 saturated carbocycles. The number of thioether (sulfide) groups is 1. The highest BCUT2D eigenvalue weighted by atomic mass is 32.2. The molecule has 0 saturated heterocycles. The number of hydrogen-bond acceptors (Lipinski definition) is 3. The number of aryl methyl sites for hydroxylation is 1. The highest BCUT2D eigenvalue weighted by Crippen LogP contribution is 2.29. The summed E-state index contributed by atoms with van der Waals surface area (Å²) in [6.07, 6.45) is 3.49. The van der Waals surface area contributed by atoms with Crippen LogP contribution in [-0.2, 0) is 16.6 Å². The van der Waals surface area contributed by atoms with Crippen molar-refractivity contribution >= 4 is 28.6 Å². The van der Waals surface area contributed by atoms with Crippen LogP contribution in [-0.4, -0.2) is 23.4 Å². The molecule has 2 rings (SSSR count). The van der Waals surface area contributed by atoms with Gasteiger partial charge in [0.2, 0.25) is 0 Å². The van der Waals surface area contributed by atoms with Gasteiger partial charge in [0.15, 0.2) is 0 Å². The Balaban J connectivity index is 1.98. The van der Waals surface area contributed by atoms with Crippen molar-refractivity contribution in [1.82, 2.24) is 4.57 Å². The van der Waals surface area contributed by atoms with E-state index in [0.717, 1.165) is 12.2 Å². The first kappa shape index (κ1) is 13.0. The van der Waals surface area contributed by atoms with Gasteiger partial charge in [0, 0.05) is 35.5 Å². The molecular formula is C14H17NO2S. The second kappa shape index (κ2) is 5.96. The molecule has 1 aromatic heterocycles. The summed E-state index contributed by atoms with van der Waals surface area (Å²) in [6, 6.07) is 8.36. The standard InChI is InChI=1S/C14H17NO2S/c1-15-10-13(11-6-3-4-7-12(11)15)18-9-5-8-14(16)17-2/h3-4,6-7,10H,5,8-9H2,1-2H3. The lowest BCUT2D eigenvalue weighted by Crippen LogP contribution is -1.99. The fourth-order valence-electron chi connectivity index (χ4n) is 1.92. The van der Waals surface area contributed by atoms with Gasteiger partial charge >= 0.3 is 5.97 Å². The van der Waals surface area contributed by atoms with E-state index in [1.807, 2.05) is 6.07 Å². The number of carbonyl (C=O) groups excluding carboxylic acids is 1. The Bertz CT molecular complexity index is 548. The molecule has 4 heteroatoms. The van der Waals surface area contributed by atoms with E-state index in [2.05, 4.69) is 40.7 Å². The van der Waals surface area contributed by atoms with Crippen LogP contribution in [0.4, 0.5) is 0 Å². The minimum absolute atomic E-state index is 0.131. The zero-order valence-corrected chi connectivity index (χ0v) is 11.5. The number of nitrogens with zero attached hydrogens (tertiary/aromatic N) is 1. The summed E-state index contributed by atoms with van der Waals surface area (Å²) in [5, 5.41) is 1.28. The number of para-hydroxylation sites is 1. The van der Waals surface area contributed by atoms with Crippen LogP contribution in [0, 0.1) is 0 Å². The van der Waals surface area contributed by atoms with Crippen LogP contribution < -0.4 is 0 Å². The molecule has 3 nitrogen and oxygen atoms in total. The summed E-state index contributed by atoms with van der Waals surface area (Å²) in [5.74, 6) is 0.803. The molecule has 96 valence electrons. The minimum Gasteiger partial charge on any atom is -0.469 e. The first-order valence-electron chi connectivity index (χ1n) is 5.96. The van der Waals surface area contributed by atoms with E-state index in [-0.39, 0.29) is 5.97 Å². The molecule has 0 amide bonds. The molecule has 1 aromatic carbocycles. The fourth-order valence-corrected chi connectivity index (χ4v) is 2.99. The van der Waals surface area contributed by atoms with Crippen LogP contribution in [0.3, 0.4) is 0 Å². The van der Waals surface area contributed by atoms with Gasteiger partial charge in [-0.05, 0) is 18.2 Å². The van der Waals surface area contributed by atoms with Crippen LogP contribution in [0.5, 0.6) is 0 Å². The van der Waals surface area contributed by atoms with E-state index in [1.165, 1.54) is 22.9 Å². The van der Waals surface area contributed by atoms with Crippen molar-refractivity contribution in [2.45, 2.75) is 17.7 Å². The van der Waals surface area contributed by atoms with Crippen molar-refractivity contribution in [2.24, 2.45) is 7.05 Å². The Labute approximate surface area is 111 Å². The minimum atomic E-state index is -0.131. The van der Waals surface area contributed by atoms with Gasteiger partial charge in [-0.25, -0.2) is 0 Å². The summed E-state index contributed by atoms with van der Waals surface area (Å²) in [6.45, 7) is 0. The number of methoxy groups -OCH3 is 1. The van der Waals surface area contributed by atoms with E-state index < -0.39 is 0 Å². The molecule has 18 heavy (non-hydrogen) atoms. The van der Waals surface area contributed by atoms with Gasteiger partial charge < -0.3 is 9.30 Å². The van der Waals surface area contributed by atoms with Crippen molar-refractivity contribution in [3.63, 3.8) is 0 Å². The quantitative estimate of drug-likeness (QED) is 0.471. The molecule has 0 fully saturated rings. The van der Waals surface area contributed by atoms with Gasteiger partial charge in [0.1, 0.15) is 0 Å². The van der Waals surface area contributed by atoms with E-state index >= 15 is 0 Å². The second-order valence-electron chi connectivity index (χ2n) is 4.15. The van der Waals surface area contributed by atoms with Crippen molar-refractivity contribution in [3.05, 3.63) is 30.5 Å². The molecule has 0 atom stereocenters. The predicted molar refractivity (Wildman–Crippen MR) is 74.9 cm³/mol. The Morgan fingerprint density at radius 3 is 2.94 bits per heavy atom. The zero-order valence-electron chi connectivity index (χ0n) is 10.7. The molecular weight excluding hydrogens is 246 g/mol. The fraction of sp³-hybridized carbons (Fsp3) is 0.357. The topological polar surface area (TPSA) is 31.2 Å². The van der Waals surface area contributed by atoms with Gasteiger partial charge in [-0.1, -0.05) is 18.2 Å². The van der Waals surface area contributed by atoms with Gasteiger partial charge in [-0.3, -0.25) is 4.79 Å². The Kier molecular flexibility index (Phi) is 4.31. The number of rotatable bonds is 5. The van der Waals surface area contributed by atoms with Gasteiger partial charge in [0.25, 0.3) is 0 Å². The maximum absolute atomic E-state index is 11.0. The highest BCUT2D eigenvalue weighted by Gasteiger charge is 2.06. The Hall–Kier alpha value is -1.42. The molecule has 0 spiro atoms. The third-order valence-electron chi connectivity index (χ3n) is 2.87. The summed E-state index contributed by atoms with van der Waals surface area (Å²) in [5.41, 5.74) is 1.24. The van der Waals surface area contributed by atoms with Crippen LogP contribution >= 0.6 is 11.8 Å². The SMILES string of the molecule is COC(=O)CCCSc1cn(C)c2ccccc12. The summed E-state index contributed by atoms with van der Waals surface area (Å²) in [7, 11) is 3.49. The number of benzene rings is 1. The van der Waals surface area contributed by atoms with Gasteiger partial charge in [0.05, 0.1) is 7.11 Å². The van der Waals surface area contributed by atoms with Crippen molar-refractivity contribution < 1.29 is 9.53 Å². The number of esters is 1. The number of carbonyl (C=O) groups is 1. The molecule has 0 N–H and O–H groups in total. The molecule has 0 aliphatic rings. The third kappa shape index (κ3) is 2.88. The lowest BCUT2D eigenvalue weighted by Gasteiger charge is -2.00. The van der Waals surface area contributed by atoms with E-state index in [4.69, 9.17) is 0 Å². The summed E-state index contributed by atoms with van der Waals surface area (Å²) in [4.78, 5) is 12.3. The molecule has 0 bridgehead atoms. The lowest BCUT2D eigenvalue weighted by atomic mass is 10.2. The van der Waals surface area contributed by atoms with Crippen LogP contribution in [0.25, 0.3) is 10.9 Å². The van der Waals surface area contributed by atoms with Crippen molar-refractivity contribution in [1.29, 1.82) is 0 Å². The maximum atomic E-state index is 11.0. The highest BCUT2D eigenvalue weighted by molar-refractivity contribution is 7.99. The van der Waals surface area contributed by atoms with Crippen LogP contribution in [0.2, 0.25) is 0 Å². The number of aromatic nitrogens is 1. The lowest BCUT2D eigenvalue weighted by molar-refractivity contribution is -0.140. The molecule has 0 aliphatic heterocycles. The third-order valence-corrected chi connectivity index (χ3v) is 4.00. The molecule has 0 unspecified atom stereocenters. The Morgan fingerprint density at radius 1 is 1.39 bits per heavy atom. The molecule has 2 aromatic rings. The predicted octanol–water partition coefficient (Wildman–Crippen LogP) is 3.22. The molecule has 0 aliphatic carbocycles. The molecule has 0 radical (unpaired) electrons. The number of ether oxygens (including phenoxy) is 1. The van der Waals surface area contributed by atoms with Gasteiger partial charge in [-0.2, -0.15) is 0 Å². The van der Waals surface area contributed by atoms with E-state index in [9.17, 15) is 4.79 Å². The van der Waals surface area contributed by atoms with E-state index in [0.29, 0.717) is 6.42 Å². The largest absolute Gasteiger partial charge is 0.469 e. The van der Waals surface area contributed by atoms with Crippen LogP contribution in [0.15, 0.2) is 35.4 Å². The van der Waals surface area contributed by atoms with Crippen LogP contribution in [0.1, 0.15) is 12.8 Å². The smallest absolute Gasteiger partial charge is 0.305 e. The van der Waals surface area contributed by atoms with E-state index in [1.54, 1.807) is 11.8 Å².